The molecular weight excluding hydrogens is 369 g/mol. The molecule has 0 radical (unpaired) electrons. The van der Waals surface area contributed by atoms with E-state index in [9.17, 15) is 9.18 Å². The van der Waals surface area contributed by atoms with E-state index >= 15 is 0 Å². The zero-order valence-electron chi connectivity index (χ0n) is 16.7. The molecule has 1 saturated heterocycles. The first-order chi connectivity index (χ1) is 14.0. The number of carbonyl (C=O) groups is 1. The second-order valence-corrected chi connectivity index (χ2v) is 7.38. The fourth-order valence-corrected chi connectivity index (χ4v) is 3.63. The molecule has 2 aromatic carbocycles. The Kier molecular flexibility index (Phi) is 5.34. The van der Waals surface area contributed by atoms with Crippen LogP contribution in [0, 0.1) is 12.7 Å². The van der Waals surface area contributed by atoms with Crippen molar-refractivity contribution in [1.29, 1.82) is 0 Å². The van der Waals surface area contributed by atoms with Crippen molar-refractivity contribution in [2.75, 3.05) is 25.5 Å². The van der Waals surface area contributed by atoms with Crippen LogP contribution in [-0.2, 0) is 0 Å². The van der Waals surface area contributed by atoms with Gasteiger partial charge in [-0.1, -0.05) is 6.07 Å². The topological polar surface area (TPSA) is 54.5 Å². The monoisotopic (exact) mass is 393 g/mol. The van der Waals surface area contributed by atoms with Crippen molar-refractivity contribution in [3.05, 3.63) is 59.5 Å². The van der Waals surface area contributed by atoms with Gasteiger partial charge in [0.25, 0.3) is 5.91 Å². The molecule has 1 N–H and O–H groups in total. The van der Waals surface area contributed by atoms with Gasteiger partial charge in [-0.3, -0.25) is 4.79 Å². The molecule has 0 spiro atoms. The Hall–Kier alpha value is -3.15. The maximum absolute atomic E-state index is 14.0. The first kappa shape index (κ1) is 19.2. The standard InChI is InChI=1S/C23H24FN3O2/c1-15-6-7-16(12-19(15)24)25-21-14-22(23(28)27-10-4-3-5-11-27)26-20-9-8-17(29-2)13-18(20)21/h6-9,12-14H,3-5,10-11H2,1-2H3,(H,25,26). The molecule has 150 valence electrons. The molecule has 1 aliphatic rings. The van der Waals surface area contributed by atoms with Crippen molar-refractivity contribution in [2.24, 2.45) is 0 Å². The smallest absolute Gasteiger partial charge is 0.272 e. The third-order valence-corrected chi connectivity index (χ3v) is 5.33. The molecule has 0 saturated carbocycles. The molecule has 5 nitrogen and oxygen atoms in total. The number of likely N-dealkylation sites (tertiary alicyclic amines) is 1. The van der Waals surface area contributed by atoms with E-state index in [1.54, 1.807) is 26.2 Å². The molecule has 0 bridgehead atoms. The van der Waals surface area contributed by atoms with Gasteiger partial charge >= 0.3 is 0 Å². The van der Waals surface area contributed by atoms with E-state index < -0.39 is 0 Å². The molecule has 3 aromatic rings. The lowest BCUT2D eigenvalue weighted by Gasteiger charge is -2.26. The van der Waals surface area contributed by atoms with E-state index in [1.807, 2.05) is 29.2 Å². The Labute approximate surface area is 169 Å². The van der Waals surface area contributed by atoms with Gasteiger partial charge < -0.3 is 15.0 Å². The van der Waals surface area contributed by atoms with E-state index in [1.165, 1.54) is 6.07 Å². The van der Waals surface area contributed by atoms with Gasteiger partial charge in [0.15, 0.2) is 0 Å². The van der Waals surface area contributed by atoms with Crippen LogP contribution in [0.3, 0.4) is 0 Å². The molecule has 1 amide bonds. The van der Waals surface area contributed by atoms with Crippen LogP contribution in [0.25, 0.3) is 10.9 Å². The zero-order chi connectivity index (χ0) is 20.4. The number of benzene rings is 2. The number of ether oxygens (including phenoxy) is 1. The lowest BCUT2D eigenvalue weighted by Crippen LogP contribution is -2.36. The maximum atomic E-state index is 14.0. The van der Waals surface area contributed by atoms with Crippen molar-refractivity contribution in [2.45, 2.75) is 26.2 Å². The molecule has 6 heteroatoms. The lowest BCUT2D eigenvalue weighted by atomic mass is 10.1. The summed E-state index contributed by atoms with van der Waals surface area (Å²) in [5.41, 5.74) is 2.96. The number of hydrogen-bond acceptors (Lipinski definition) is 4. The van der Waals surface area contributed by atoms with Gasteiger partial charge in [-0.15, -0.1) is 0 Å². The highest BCUT2D eigenvalue weighted by Gasteiger charge is 2.21. The third kappa shape index (κ3) is 4.01. The molecule has 1 aromatic heterocycles. The van der Waals surface area contributed by atoms with E-state index in [0.717, 1.165) is 37.7 Å². The maximum Gasteiger partial charge on any atom is 0.272 e. The summed E-state index contributed by atoms with van der Waals surface area (Å²) in [6, 6.07) is 12.3. The summed E-state index contributed by atoms with van der Waals surface area (Å²) < 4.78 is 19.4. The number of nitrogens with one attached hydrogen (secondary N) is 1. The second kappa shape index (κ2) is 8.07. The van der Waals surface area contributed by atoms with Crippen LogP contribution in [-0.4, -0.2) is 36.0 Å². The van der Waals surface area contributed by atoms with Crippen LogP contribution in [0.2, 0.25) is 0 Å². The van der Waals surface area contributed by atoms with Crippen LogP contribution in [0.4, 0.5) is 15.8 Å². The molecule has 29 heavy (non-hydrogen) atoms. The highest BCUT2D eigenvalue weighted by atomic mass is 19.1. The summed E-state index contributed by atoms with van der Waals surface area (Å²) in [7, 11) is 1.60. The minimum Gasteiger partial charge on any atom is -0.497 e. The number of methoxy groups -OCH3 is 1. The highest BCUT2D eigenvalue weighted by Crippen LogP contribution is 2.31. The van der Waals surface area contributed by atoms with Crippen LogP contribution in [0.5, 0.6) is 5.75 Å². The van der Waals surface area contributed by atoms with Crippen molar-refractivity contribution in [1.82, 2.24) is 9.88 Å². The number of piperidine rings is 1. The van der Waals surface area contributed by atoms with Crippen LogP contribution in [0.1, 0.15) is 35.3 Å². The summed E-state index contributed by atoms with van der Waals surface area (Å²) in [5, 5.41) is 4.06. The minimum atomic E-state index is -0.282. The molecule has 0 unspecified atom stereocenters. The number of pyridine rings is 1. The van der Waals surface area contributed by atoms with Gasteiger partial charge in [0.05, 0.1) is 18.3 Å². The Morgan fingerprint density at radius 1 is 1.10 bits per heavy atom. The number of hydrogen-bond donors (Lipinski definition) is 1. The molecule has 4 rings (SSSR count). The van der Waals surface area contributed by atoms with Crippen LogP contribution < -0.4 is 10.1 Å². The Morgan fingerprint density at radius 3 is 2.62 bits per heavy atom. The van der Waals surface area contributed by atoms with Gasteiger partial charge in [0.1, 0.15) is 17.3 Å². The van der Waals surface area contributed by atoms with Gasteiger partial charge in [-0.05, 0) is 68.1 Å². The van der Waals surface area contributed by atoms with Crippen molar-refractivity contribution in [3.8, 4) is 5.75 Å². The van der Waals surface area contributed by atoms with Gasteiger partial charge in [-0.25, -0.2) is 9.37 Å². The Morgan fingerprint density at radius 2 is 1.90 bits per heavy atom. The van der Waals surface area contributed by atoms with Crippen molar-refractivity contribution in [3.63, 3.8) is 0 Å². The number of aromatic nitrogens is 1. The minimum absolute atomic E-state index is 0.0689. The summed E-state index contributed by atoms with van der Waals surface area (Å²) in [4.78, 5) is 19.5. The summed E-state index contributed by atoms with van der Waals surface area (Å²) in [6.07, 6.45) is 3.19. The van der Waals surface area contributed by atoms with Gasteiger partial charge in [0.2, 0.25) is 0 Å². The van der Waals surface area contributed by atoms with E-state index in [0.29, 0.717) is 33.9 Å². The van der Waals surface area contributed by atoms with E-state index in [4.69, 9.17) is 4.74 Å². The summed E-state index contributed by atoms with van der Waals surface area (Å²) in [6.45, 7) is 3.24. The lowest BCUT2D eigenvalue weighted by molar-refractivity contribution is 0.0719. The van der Waals surface area contributed by atoms with Gasteiger partial charge in [0, 0.05) is 24.2 Å². The summed E-state index contributed by atoms with van der Waals surface area (Å²) in [5.74, 6) is 0.337. The SMILES string of the molecule is COc1ccc2nc(C(=O)N3CCCCC3)cc(Nc3ccc(C)c(F)c3)c2c1. The van der Waals surface area contributed by atoms with Crippen molar-refractivity contribution >= 4 is 28.2 Å². The third-order valence-electron chi connectivity index (χ3n) is 5.33. The molecule has 0 atom stereocenters. The number of fused-ring (bicyclic) bond motifs is 1. The highest BCUT2D eigenvalue weighted by molar-refractivity contribution is 6.01. The second-order valence-electron chi connectivity index (χ2n) is 7.38. The predicted molar refractivity (Wildman–Crippen MR) is 112 cm³/mol. The van der Waals surface area contributed by atoms with E-state index in [2.05, 4.69) is 10.3 Å². The first-order valence-corrected chi connectivity index (χ1v) is 9.86. The fourth-order valence-electron chi connectivity index (χ4n) is 3.63. The molecule has 1 aliphatic heterocycles. The predicted octanol–water partition coefficient (Wildman–Crippen LogP) is 5.06. The number of rotatable bonds is 4. The first-order valence-electron chi connectivity index (χ1n) is 9.86. The number of anilines is 2. The molecule has 1 fully saturated rings. The number of nitrogens with zero attached hydrogens (tertiary/aromatic N) is 2. The number of aryl methyl sites for hydroxylation is 1. The van der Waals surface area contributed by atoms with Gasteiger partial charge in [-0.2, -0.15) is 0 Å². The average Bonchev–Trinajstić information content (AvgIpc) is 2.76. The summed E-state index contributed by atoms with van der Waals surface area (Å²) >= 11 is 0. The number of carbonyl (C=O) groups excluding carboxylic acids is 1. The molecular formula is C23H24FN3O2. The number of amides is 1. The normalized spacial score (nSPS) is 14.1. The Balaban J connectivity index is 1.78. The fraction of sp³-hybridized carbons (Fsp3) is 0.304. The number of halogens is 1. The quantitative estimate of drug-likeness (QED) is 0.673. The van der Waals surface area contributed by atoms with E-state index in [-0.39, 0.29) is 11.7 Å². The van der Waals surface area contributed by atoms with Crippen molar-refractivity contribution < 1.29 is 13.9 Å². The average molecular weight is 393 g/mol. The Bertz CT molecular complexity index is 1060. The molecule has 2 heterocycles. The zero-order valence-corrected chi connectivity index (χ0v) is 16.7. The largest absolute Gasteiger partial charge is 0.497 e. The van der Waals surface area contributed by atoms with Crippen LogP contribution >= 0.6 is 0 Å². The molecule has 0 aliphatic carbocycles. The van der Waals surface area contributed by atoms with Crippen LogP contribution in [0.15, 0.2) is 42.5 Å².